The SMILES string of the molecule is NCC(F)(F)Cc1cc(F)ccc1O. The van der Waals surface area contributed by atoms with E-state index in [0.29, 0.717) is 0 Å². The van der Waals surface area contributed by atoms with Gasteiger partial charge in [-0.15, -0.1) is 0 Å². The number of nitrogens with two attached hydrogens (primary N) is 1. The Morgan fingerprint density at radius 2 is 2.00 bits per heavy atom. The summed E-state index contributed by atoms with van der Waals surface area (Å²) in [6, 6.07) is 2.91. The highest BCUT2D eigenvalue weighted by Gasteiger charge is 2.28. The van der Waals surface area contributed by atoms with Gasteiger partial charge < -0.3 is 10.8 Å². The molecule has 78 valence electrons. The lowest BCUT2D eigenvalue weighted by Gasteiger charge is -2.14. The van der Waals surface area contributed by atoms with Gasteiger partial charge >= 0.3 is 0 Å². The molecule has 3 N–H and O–H groups in total. The summed E-state index contributed by atoms with van der Waals surface area (Å²) < 4.78 is 38.2. The summed E-state index contributed by atoms with van der Waals surface area (Å²) in [5, 5.41) is 9.15. The summed E-state index contributed by atoms with van der Waals surface area (Å²) in [7, 11) is 0. The molecule has 1 aromatic rings. The zero-order chi connectivity index (χ0) is 10.8. The Kier molecular flexibility index (Phi) is 3.00. The van der Waals surface area contributed by atoms with E-state index in [2.05, 4.69) is 0 Å². The molecule has 0 unspecified atom stereocenters. The molecule has 0 aromatic heterocycles. The highest BCUT2D eigenvalue weighted by molar-refractivity contribution is 5.33. The Bertz CT molecular complexity index is 328. The average molecular weight is 205 g/mol. The summed E-state index contributed by atoms with van der Waals surface area (Å²) in [5.41, 5.74) is 4.68. The predicted molar refractivity (Wildman–Crippen MR) is 45.8 cm³/mol. The first-order valence-corrected chi connectivity index (χ1v) is 4.00. The third kappa shape index (κ3) is 2.63. The molecule has 0 saturated carbocycles. The van der Waals surface area contributed by atoms with Crippen LogP contribution in [0.4, 0.5) is 13.2 Å². The molecule has 14 heavy (non-hydrogen) atoms. The molecule has 0 aliphatic carbocycles. The van der Waals surface area contributed by atoms with Crippen molar-refractivity contribution in [3.8, 4) is 5.75 Å². The van der Waals surface area contributed by atoms with Gasteiger partial charge in [-0.3, -0.25) is 0 Å². The lowest BCUT2D eigenvalue weighted by molar-refractivity contribution is 0.0109. The van der Waals surface area contributed by atoms with Crippen molar-refractivity contribution in [3.05, 3.63) is 29.6 Å². The maximum absolute atomic E-state index is 12.8. The zero-order valence-corrected chi connectivity index (χ0v) is 7.30. The summed E-state index contributed by atoms with van der Waals surface area (Å²) in [4.78, 5) is 0. The maximum Gasteiger partial charge on any atom is 0.264 e. The number of halogens is 3. The molecule has 0 heterocycles. The van der Waals surface area contributed by atoms with Crippen LogP contribution in [0.3, 0.4) is 0 Å². The second-order valence-electron chi connectivity index (χ2n) is 3.01. The van der Waals surface area contributed by atoms with Crippen LogP contribution in [0.1, 0.15) is 5.56 Å². The molecule has 5 heteroatoms. The molecule has 0 radical (unpaired) electrons. The fourth-order valence-corrected chi connectivity index (χ4v) is 1.05. The number of phenolic OH excluding ortho intramolecular Hbond substituents is 1. The average Bonchev–Trinajstić information content (AvgIpc) is 2.11. The third-order valence-corrected chi connectivity index (χ3v) is 1.79. The van der Waals surface area contributed by atoms with E-state index in [-0.39, 0.29) is 11.3 Å². The van der Waals surface area contributed by atoms with E-state index < -0.39 is 24.7 Å². The molecule has 0 spiro atoms. The van der Waals surface area contributed by atoms with Crippen molar-refractivity contribution in [2.45, 2.75) is 12.3 Å². The van der Waals surface area contributed by atoms with Crippen molar-refractivity contribution in [1.82, 2.24) is 0 Å². The fourth-order valence-electron chi connectivity index (χ4n) is 1.05. The van der Waals surface area contributed by atoms with Crippen LogP contribution < -0.4 is 5.73 Å². The second kappa shape index (κ2) is 3.88. The first kappa shape index (κ1) is 10.8. The molecule has 0 atom stereocenters. The van der Waals surface area contributed by atoms with Gasteiger partial charge in [-0.2, -0.15) is 0 Å². The van der Waals surface area contributed by atoms with Crippen LogP contribution in [-0.2, 0) is 6.42 Å². The molecule has 1 aromatic carbocycles. The molecule has 1 rings (SSSR count). The first-order chi connectivity index (χ1) is 6.44. The normalized spacial score (nSPS) is 11.7. The second-order valence-corrected chi connectivity index (χ2v) is 3.01. The van der Waals surface area contributed by atoms with E-state index >= 15 is 0 Å². The highest BCUT2D eigenvalue weighted by Crippen LogP contribution is 2.25. The van der Waals surface area contributed by atoms with Crippen molar-refractivity contribution in [3.63, 3.8) is 0 Å². The minimum atomic E-state index is -3.12. The number of benzene rings is 1. The van der Waals surface area contributed by atoms with Gasteiger partial charge in [0.1, 0.15) is 11.6 Å². The number of alkyl halides is 2. The smallest absolute Gasteiger partial charge is 0.264 e. The fraction of sp³-hybridized carbons (Fsp3) is 0.333. The van der Waals surface area contributed by atoms with E-state index in [9.17, 15) is 13.2 Å². The van der Waals surface area contributed by atoms with Crippen molar-refractivity contribution in [2.75, 3.05) is 6.54 Å². The first-order valence-electron chi connectivity index (χ1n) is 4.00. The Hall–Kier alpha value is -1.23. The number of hydrogen-bond acceptors (Lipinski definition) is 2. The predicted octanol–water partition coefficient (Wildman–Crippen LogP) is 1.67. The van der Waals surface area contributed by atoms with E-state index in [0.717, 1.165) is 18.2 Å². The monoisotopic (exact) mass is 205 g/mol. The number of aromatic hydroxyl groups is 1. The van der Waals surface area contributed by atoms with Gasteiger partial charge in [-0.25, -0.2) is 13.2 Å². The van der Waals surface area contributed by atoms with Gasteiger partial charge in [0.05, 0.1) is 6.54 Å². The van der Waals surface area contributed by atoms with E-state index in [1.165, 1.54) is 0 Å². The van der Waals surface area contributed by atoms with Crippen molar-refractivity contribution < 1.29 is 18.3 Å². The summed E-state index contributed by atoms with van der Waals surface area (Å²) in [5.74, 6) is -4.13. The Labute approximate surface area is 79.2 Å². The van der Waals surface area contributed by atoms with Crippen LogP contribution in [0.5, 0.6) is 5.75 Å². The molecule has 0 bridgehead atoms. The Morgan fingerprint density at radius 1 is 1.36 bits per heavy atom. The Morgan fingerprint density at radius 3 is 2.57 bits per heavy atom. The van der Waals surface area contributed by atoms with E-state index in [1.807, 2.05) is 0 Å². The van der Waals surface area contributed by atoms with Gasteiger partial charge in [-0.1, -0.05) is 0 Å². The number of rotatable bonds is 3. The van der Waals surface area contributed by atoms with Gasteiger partial charge in [0.15, 0.2) is 0 Å². The van der Waals surface area contributed by atoms with Crippen LogP contribution in [0.25, 0.3) is 0 Å². The molecule has 0 saturated heterocycles. The van der Waals surface area contributed by atoms with Crippen molar-refractivity contribution in [1.29, 1.82) is 0 Å². The summed E-state index contributed by atoms with van der Waals surface area (Å²) >= 11 is 0. The van der Waals surface area contributed by atoms with E-state index in [4.69, 9.17) is 10.8 Å². The molecule has 0 amide bonds. The number of hydrogen-bond donors (Lipinski definition) is 2. The van der Waals surface area contributed by atoms with Gasteiger partial charge in [0, 0.05) is 12.0 Å². The van der Waals surface area contributed by atoms with E-state index in [1.54, 1.807) is 0 Å². The van der Waals surface area contributed by atoms with Gasteiger partial charge in [-0.05, 0) is 18.2 Å². The molecule has 0 aliphatic rings. The van der Waals surface area contributed by atoms with Crippen LogP contribution in [0.15, 0.2) is 18.2 Å². The van der Waals surface area contributed by atoms with Crippen LogP contribution in [0, 0.1) is 5.82 Å². The molecule has 0 fully saturated rings. The van der Waals surface area contributed by atoms with Gasteiger partial charge in [0.2, 0.25) is 0 Å². The lowest BCUT2D eigenvalue weighted by Crippen LogP contribution is -2.30. The van der Waals surface area contributed by atoms with Gasteiger partial charge in [0.25, 0.3) is 5.92 Å². The quantitative estimate of drug-likeness (QED) is 0.788. The Balaban J connectivity index is 2.91. The lowest BCUT2D eigenvalue weighted by atomic mass is 10.1. The summed E-state index contributed by atoms with van der Waals surface area (Å²) in [6.45, 7) is -0.830. The van der Waals surface area contributed by atoms with Crippen molar-refractivity contribution in [2.24, 2.45) is 5.73 Å². The molecular formula is C9H10F3NO. The zero-order valence-electron chi connectivity index (χ0n) is 7.30. The van der Waals surface area contributed by atoms with Crippen LogP contribution in [0.2, 0.25) is 0 Å². The van der Waals surface area contributed by atoms with Crippen LogP contribution >= 0.6 is 0 Å². The minimum absolute atomic E-state index is 0.138. The molecule has 2 nitrogen and oxygen atoms in total. The topological polar surface area (TPSA) is 46.2 Å². The minimum Gasteiger partial charge on any atom is -0.508 e. The standard InChI is InChI=1S/C9H10F3NO/c10-7-1-2-8(14)6(3-7)4-9(11,12)5-13/h1-3,14H,4-5,13H2. The summed E-state index contributed by atoms with van der Waals surface area (Å²) in [6.07, 6.45) is -0.757. The third-order valence-electron chi connectivity index (χ3n) is 1.79. The molecular weight excluding hydrogens is 195 g/mol. The molecule has 0 aliphatic heterocycles. The highest BCUT2D eigenvalue weighted by atomic mass is 19.3. The van der Waals surface area contributed by atoms with Crippen LogP contribution in [-0.4, -0.2) is 17.6 Å². The van der Waals surface area contributed by atoms with Crippen molar-refractivity contribution >= 4 is 0 Å². The number of phenols is 1. The largest absolute Gasteiger partial charge is 0.508 e. The maximum atomic E-state index is 12.8.